The van der Waals surface area contributed by atoms with Crippen molar-refractivity contribution in [3.05, 3.63) is 29.3 Å². The number of aryl methyl sites for hydroxylation is 2. The van der Waals surface area contributed by atoms with Crippen LogP contribution < -0.4 is 10.1 Å². The molecule has 0 aliphatic carbocycles. The first kappa shape index (κ1) is 15.0. The summed E-state index contributed by atoms with van der Waals surface area (Å²) in [5, 5.41) is 12.0. The van der Waals surface area contributed by atoms with Gasteiger partial charge in [-0.25, -0.2) is 0 Å². The fourth-order valence-corrected chi connectivity index (χ4v) is 1.76. The van der Waals surface area contributed by atoms with Crippen LogP contribution in [0.25, 0.3) is 0 Å². The fraction of sp³-hybridized carbons (Fsp3) is 0.600. The molecule has 102 valence electrons. The minimum Gasteiger partial charge on any atom is -0.490 e. The third-order valence-electron chi connectivity index (χ3n) is 2.83. The second kappa shape index (κ2) is 6.21. The smallest absolute Gasteiger partial charge is 0.137 e. The first-order valence-corrected chi connectivity index (χ1v) is 6.51. The van der Waals surface area contributed by atoms with Gasteiger partial charge in [0, 0.05) is 0 Å². The normalized spacial score (nSPS) is 13.4. The van der Waals surface area contributed by atoms with Crippen LogP contribution in [0.5, 0.6) is 5.75 Å². The standard InChI is InChI=1S/C15H25NO2/c1-11-7-6-8-12(2)14(11)18-10-13(17)9-16-15(3,4)5/h6-8,13,16-17H,9-10H2,1-5H3/p+1. The van der Waals surface area contributed by atoms with Gasteiger partial charge in [-0.3, -0.25) is 0 Å². The quantitative estimate of drug-likeness (QED) is 0.832. The topological polar surface area (TPSA) is 46.1 Å². The van der Waals surface area contributed by atoms with Gasteiger partial charge in [-0.1, -0.05) is 18.2 Å². The Bertz CT molecular complexity index is 362. The maximum Gasteiger partial charge on any atom is 0.137 e. The SMILES string of the molecule is Cc1cccc(C)c1OCC(O)C[NH2+]C(C)(C)C. The second-order valence-corrected chi connectivity index (χ2v) is 5.99. The number of hydrogen-bond donors (Lipinski definition) is 2. The van der Waals surface area contributed by atoms with Gasteiger partial charge in [0.1, 0.15) is 25.0 Å². The van der Waals surface area contributed by atoms with Crippen LogP contribution in [0.1, 0.15) is 31.9 Å². The lowest BCUT2D eigenvalue weighted by Crippen LogP contribution is -2.96. The van der Waals surface area contributed by atoms with E-state index in [9.17, 15) is 5.11 Å². The maximum absolute atomic E-state index is 9.90. The minimum absolute atomic E-state index is 0.138. The number of quaternary nitrogens is 1. The van der Waals surface area contributed by atoms with E-state index in [0.717, 1.165) is 16.9 Å². The number of hydrogen-bond acceptors (Lipinski definition) is 2. The zero-order chi connectivity index (χ0) is 13.8. The van der Waals surface area contributed by atoms with Crippen LogP contribution in [0.4, 0.5) is 0 Å². The van der Waals surface area contributed by atoms with Crippen molar-refractivity contribution in [3.63, 3.8) is 0 Å². The Labute approximate surface area is 110 Å². The molecule has 1 unspecified atom stereocenters. The van der Waals surface area contributed by atoms with Crippen molar-refractivity contribution in [2.24, 2.45) is 0 Å². The van der Waals surface area contributed by atoms with Crippen LogP contribution in [-0.2, 0) is 0 Å². The Morgan fingerprint density at radius 3 is 2.28 bits per heavy atom. The second-order valence-electron chi connectivity index (χ2n) is 5.99. The van der Waals surface area contributed by atoms with Crippen molar-refractivity contribution < 1.29 is 15.2 Å². The molecule has 0 bridgehead atoms. The van der Waals surface area contributed by atoms with Crippen molar-refractivity contribution in [2.75, 3.05) is 13.2 Å². The molecule has 3 heteroatoms. The molecular formula is C15H26NO2+. The van der Waals surface area contributed by atoms with E-state index in [1.807, 2.05) is 32.0 Å². The molecule has 0 radical (unpaired) electrons. The predicted octanol–water partition coefficient (Wildman–Crippen LogP) is 1.41. The zero-order valence-electron chi connectivity index (χ0n) is 12.2. The van der Waals surface area contributed by atoms with Gasteiger partial charge in [-0.2, -0.15) is 0 Å². The summed E-state index contributed by atoms with van der Waals surface area (Å²) in [6.45, 7) is 11.4. The summed E-state index contributed by atoms with van der Waals surface area (Å²) in [5.41, 5.74) is 2.36. The van der Waals surface area contributed by atoms with Gasteiger partial charge in [-0.15, -0.1) is 0 Å². The van der Waals surface area contributed by atoms with Gasteiger partial charge in [0.25, 0.3) is 0 Å². The number of ether oxygens (including phenoxy) is 1. The van der Waals surface area contributed by atoms with E-state index in [1.165, 1.54) is 0 Å². The monoisotopic (exact) mass is 252 g/mol. The van der Waals surface area contributed by atoms with Crippen molar-refractivity contribution in [1.29, 1.82) is 0 Å². The summed E-state index contributed by atoms with van der Waals surface area (Å²) in [5.74, 6) is 0.896. The average Bonchev–Trinajstić information content (AvgIpc) is 2.25. The van der Waals surface area contributed by atoms with Crippen molar-refractivity contribution in [2.45, 2.75) is 46.3 Å². The van der Waals surface area contributed by atoms with Crippen molar-refractivity contribution in [3.8, 4) is 5.75 Å². The molecule has 0 fully saturated rings. The van der Waals surface area contributed by atoms with E-state index in [4.69, 9.17) is 4.74 Å². The molecule has 0 heterocycles. The molecule has 1 aromatic rings. The summed E-state index contributed by atoms with van der Waals surface area (Å²) < 4.78 is 5.72. The molecule has 3 nitrogen and oxygen atoms in total. The van der Waals surface area contributed by atoms with Gasteiger partial charge in [0.2, 0.25) is 0 Å². The lowest BCUT2D eigenvalue weighted by atomic mass is 10.1. The molecule has 1 rings (SSSR count). The summed E-state index contributed by atoms with van der Waals surface area (Å²) in [6.07, 6.45) is -0.441. The van der Waals surface area contributed by atoms with Crippen LogP contribution in [0.2, 0.25) is 0 Å². The number of aliphatic hydroxyl groups is 1. The predicted molar refractivity (Wildman–Crippen MR) is 74.0 cm³/mol. The maximum atomic E-state index is 9.90. The molecule has 0 saturated heterocycles. The number of rotatable bonds is 5. The molecule has 3 N–H and O–H groups in total. The summed E-state index contributed by atoms with van der Waals surface area (Å²) in [6, 6.07) is 6.06. The number of aliphatic hydroxyl groups excluding tert-OH is 1. The van der Waals surface area contributed by atoms with E-state index in [2.05, 4.69) is 26.1 Å². The van der Waals surface area contributed by atoms with Crippen LogP contribution >= 0.6 is 0 Å². The number of para-hydroxylation sites is 1. The molecule has 0 aliphatic heterocycles. The van der Waals surface area contributed by atoms with E-state index >= 15 is 0 Å². The molecule has 0 aliphatic rings. The molecule has 0 saturated carbocycles. The Morgan fingerprint density at radius 2 is 1.78 bits per heavy atom. The largest absolute Gasteiger partial charge is 0.490 e. The summed E-state index contributed by atoms with van der Waals surface area (Å²) in [4.78, 5) is 0. The highest BCUT2D eigenvalue weighted by atomic mass is 16.5. The van der Waals surface area contributed by atoms with Gasteiger partial charge in [-0.05, 0) is 45.7 Å². The molecule has 0 aromatic heterocycles. The van der Waals surface area contributed by atoms with E-state index < -0.39 is 6.10 Å². The van der Waals surface area contributed by atoms with Crippen molar-refractivity contribution in [1.82, 2.24) is 0 Å². The first-order chi connectivity index (χ1) is 8.29. The molecule has 0 spiro atoms. The molecule has 1 aromatic carbocycles. The van der Waals surface area contributed by atoms with Crippen LogP contribution in [0.3, 0.4) is 0 Å². The van der Waals surface area contributed by atoms with Crippen LogP contribution in [0.15, 0.2) is 18.2 Å². The fourth-order valence-electron chi connectivity index (χ4n) is 1.76. The van der Waals surface area contributed by atoms with Crippen LogP contribution in [-0.4, -0.2) is 29.9 Å². The van der Waals surface area contributed by atoms with E-state index in [0.29, 0.717) is 13.2 Å². The summed E-state index contributed by atoms with van der Waals surface area (Å²) in [7, 11) is 0. The third-order valence-corrected chi connectivity index (χ3v) is 2.83. The minimum atomic E-state index is -0.441. The van der Waals surface area contributed by atoms with Crippen molar-refractivity contribution >= 4 is 0 Å². The highest BCUT2D eigenvalue weighted by molar-refractivity contribution is 5.39. The Morgan fingerprint density at radius 1 is 1.22 bits per heavy atom. The van der Waals surface area contributed by atoms with Gasteiger partial charge >= 0.3 is 0 Å². The van der Waals surface area contributed by atoms with Crippen LogP contribution in [0, 0.1) is 13.8 Å². The Kier molecular flexibility index (Phi) is 5.17. The Balaban J connectivity index is 2.45. The highest BCUT2D eigenvalue weighted by Crippen LogP contribution is 2.22. The van der Waals surface area contributed by atoms with E-state index in [1.54, 1.807) is 0 Å². The lowest BCUT2D eigenvalue weighted by Gasteiger charge is -2.20. The molecule has 0 amide bonds. The number of benzene rings is 1. The first-order valence-electron chi connectivity index (χ1n) is 6.51. The van der Waals surface area contributed by atoms with E-state index in [-0.39, 0.29) is 5.54 Å². The number of nitrogens with two attached hydrogens (primary N) is 1. The van der Waals surface area contributed by atoms with Gasteiger partial charge in [0.05, 0.1) is 5.54 Å². The highest BCUT2D eigenvalue weighted by Gasteiger charge is 2.17. The van der Waals surface area contributed by atoms with Gasteiger partial charge < -0.3 is 15.2 Å². The molecule has 1 atom stereocenters. The summed E-state index contributed by atoms with van der Waals surface area (Å²) >= 11 is 0. The average molecular weight is 252 g/mol. The molecule has 18 heavy (non-hydrogen) atoms. The lowest BCUT2D eigenvalue weighted by molar-refractivity contribution is -0.722. The zero-order valence-corrected chi connectivity index (χ0v) is 12.2. The third kappa shape index (κ3) is 5.07. The molecular weight excluding hydrogens is 226 g/mol. The van der Waals surface area contributed by atoms with Gasteiger partial charge in [0.15, 0.2) is 0 Å². The Hall–Kier alpha value is -1.06.